The number of aromatic amines is 2. The number of nitriles is 1. The van der Waals surface area contributed by atoms with E-state index in [4.69, 9.17) is 17.0 Å². The van der Waals surface area contributed by atoms with E-state index in [1.165, 1.54) is 0 Å². The lowest BCUT2D eigenvalue weighted by Gasteiger charge is -2.28. The van der Waals surface area contributed by atoms with Crippen molar-refractivity contribution < 1.29 is 9.53 Å². The van der Waals surface area contributed by atoms with Gasteiger partial charge in [-0.1, -0.05) is 12.1 Å². The largest absolute Gasteiger partial charge is 0.497 e. The first-order valence-electron chi connectivity index (χ1n) is 6.76. The predicted octanol–water partition coefficient (Wildman–Crippen LogP) is 1.66. The highest BCUT2D eigenvalue weighted by molar-refractivity contribution is 7.71. The fourth-order valence-corrected chi connectivity index (χ4v) is 2.91. The van der Waals surface area contributed by atoms with Gasteiger partial charge in [0.2, 0.25) is 5.91 Å². The maximum atomic E-state index is 12.3. The van der Waals surface area contributed by atoms with Crippen LogP contribution >= 0.6 is 12.2 Å². The molecule has 3 rings (SSSR count). The van der Waals surface area contributed by atoms with E-state index < -0.39 is 23.3 Å². The molecule has 8 heteroatoms. The van der Waals surface area contributed by atoms with E-state index in [1.807, 2.05) is 6.07 Å². The van der Waals surface area contributed by atoms with Crippen LogP contribution in [0.2, 0.25) is 0 Å². The molecule has 1 aliphatic heterocycles. The van der Waals surface area contributed by atoms with Crippen molar-refractivity contribution in [3.05, 3.63) is 50.5 Å². The minimum atomic E-state index is -1.01. The fraction of sp³-hybridized carbons (Fsp3) is 0.200. The molecule has 2 atom stereocenters. The number of anilines is 1. The predicted molar refractivity (Wildman–Crippen MR) is 84.8 cm³/mol. The van der Waals surface area contributed by atoms with Gasteiger partial charge in [0, 0.05) is 5.92 Å². The average Bonchev–Trinajstić information content (AvgIpc) is 2.53. The molecule has 0 spiro atoms. The molecule has 1 aromatic carbocycles. The summed E-state index contributed by atoms with van der Waals surface area (Å²) in [5, 5.41) is 11.9. The molecule has 0 saturated heterocycles. The number of H-pyrrole nitrogens is 2. The topological polar surface area (TPSA) is 111 Å². The Balaban J connectivity index is 2.24. The molecule has 23 heavy (non-hydrogen) atoms. The zero-order valence-electron chi connectivity index (χ0n) is 12.0. The van der Waals surface area contributed by atoms with Gasteiger partial charge in [0.05, 0.1) is 18.7 Å². The lowest BCUT2D eigenvalue weighted by atomic mass is 9.79. The Bertz CT molecular complexity index is 923. The van der Waals surface area contributed by atoms with Gasteiger partial charge in [-0.05, 0) is 29.9 Å². The first-order valence-corrected chi connectivity index (χ1v) is 7.17. The van der Waals surface area contributed by atoms with E-state index in [0.717, 1.165) is 0 Å². The van der Waals surface area contributed by atoms with E-state index in [-0.39, 0.29) is 16.2 Å². The summed E-state index contributed by atoms with van der Waals surface area (Å²) in [6, 6.07) is 8.88. The van der Waals surface area contributed by atoms with Crippen LogP contribution in [0, 0.1) is 22.0 Å². The van der Waals surface area contributed by atoms with Gasteiger partial charge in [0.1, 0.15) is 17.5 Å². The quantitative estimate of drug-likeness (QED) is 0.726. The van der Waals surface area contributed by atoms with Crippen molar-refractivity contribution in [2.24, 2.45) is 5.92 Å². The molecule has 0 bridgehead atoms. The summed E-state index contributed by atoms with van der Waals surface area (Å²) in [6.07, 6.45) is 0. The number of benzene rings is 1. The van der Waals surface area contributed by atoms with Crippen LogP contribution in [0.1, 0.15) is 17.0 Å². The van der Waals surface area contributed by atoms with Crippen LogP contribution in [-0.4, -0.2) is 23.0 Å². The third kappa shape index (κ3) is 2.51. The standard InChI is InChI=1S/C15H12N4O3S/c1-22-8-4-2-7(3-5-8)10-9(6-16)13(20)17-12-11(10)14(21)19-15(23)18-12/h2-5,9-10H,1H3,(H3,17,18,19,20,21,23). The number of ether oxygens (including phenoxy) is 1. The maximum absolute atomic E-state index is 12.3. The van der Waals surface area contributed by atoms with Crippen LogP contribution in [0.3, 0.4) is 0 Å². The highest BCUT2D eigenvalue weighted by atomic mass is 32.1. The van der Waals surface area contributed by atoms with Gasteiger partial charge in [-0.15, -0.1) is 0 Å². The number of hydrogen-bond donors (Lipinski definition) is 3. The summed E-state index contributed by atoms with van der Waals surface area (Å²) < 4.78 is 5.22. The first-order chi connectivity index (χ1) is 11.0. The minimum absolute atomic E-state index is 0.109. The van der Waals surface area contributed by atoms with E-state index in [9.17, 15) is 14.9 Å². The lowest BCUT2D eigenvalue weighted by molar-refractivity contribution is -0.119. The van der Waals surface area contributed by atoms with Crippen molar-refractivity contribution >= 4 is 23.9 Å². The number of carbonyl (C=O) groups is 1. The minimum Gasteiger partial charge on any atom is -0.497 e. The van der Waals surface area contributed by atoms with E-state index in [2.05, 4.69) is 15.3 Å². The van der Waals surface area contributed by atoms with Crippen LogP contribution < -0.4 is 15.6 Å². The molecule has 1 aliphatic rings. The number of nitrogens with one attached hydrogen (secondary N) is 3. The SMILES string of the molecule is COc1ccc(C2c3c([nH]c(=S)[nH]c3=O)NC(=O)C2C#N)cc1. The van der Waals surface area contributed by atoms with Crippen molar-refractivity contribution in [2.75, 3.05) is 12.4 Å². The molecule has 0 radical (unpaired) electrons. The summed E-state index contributed by atoms with van der Waals surface area (Å²) in [6.45, 7) is 0. The molecule has 1 amide bonds. The van der Waals surface area contributed by atoms with Crippen LogP contribution in [0.15, 0.2) is 29.1 Å². The summed E-state index contributed by atoms with van der Waals surface area (Å²) >= 11 is 4.93. The number of aromatic nitrogens is 2. The fourth-order valence-electron chi connectivity index (χ4n) is 2.71. The number of fused-ring (bicyclic) bond motifs is 1. The second kappa shape index (κ2) is 5.70. The van der Waals surface area contributed by atoms with Crippen LogP contribution in [0.25, 0.3) is 0 Å². The third-order valence-electron chi connectivity index (χ3n) is 3.77. The number of amides is 1. The molecular weight excluding hydrogens is 316 g/mol. The van der Waals surface area contributed by atoms with Crippen LogP contribution in [0.5, 0.6) is 5.75 Å². The van der Waals surface area contributed by atoms with E-state index >= 15 is 0 Å². The van der Waals surface area contributed by atoms with Crippen LogP contribution in [-0.2, 0) is 4.79 Å². The Labute approximate surface area is 135 Å². The monoisotopic (exact) mass is 328 g/mol. The van der Waals surface area contributed by atoms with Gasteiger partial charge in [-0.25, -0.2) is 0 Å². The maximum Gasteiger partial charge on any atom is 0.257 e. The van der Waals surface area contributed by atoms with E-state index in [0.29, 0.717) is 11.3 Å². The molecule has 2 aromatic rings. The molecule has 0 saturated carbocycles. The normalized spacial score (nSPS) is 19.4. The van der Waals surface area contributed by atoms with Gasteiger partial charge in [-0.2, -0.15) is 5.26 Å². The van der Waals surface area contributed by atoms with Gasteiger partial charge >= 0.3 is 0 Å². The molecule has 2 unspecified atom stereocenters. The summed E-state index contributed by atoms with van der Waals surface area (Å²) in [5.74, 6) is -1.30. The summed E-state index contributed by atoms with van der Waals surface area (Å²) in [7, 11) is 1.54. The Morgan fingerprint density at radius 2 is 1.91 bits per heavy atom. The molecule has 116 valence electrons. The van der Waals surface area contributed by atoms with Crippen molar-refractivity contribution in [1.29, 1.82) is 5.26 Å². The number of methoxy groups -OCH3 is 1. The molecule has 2 heterocycles. The van der Waals surface area contributed by atoms with Crippen molar-refractivity contribution in [3.63, 3.8) is 0 Å². The van der Waals surface area contributed by atoms with Gasteiger partial charge in [0.15, 0.2) is 4.77 Å². The molecule has 1 aromatic heterocycles. The zero-order chi connectivity index (χ0) is 16.6. The molecule has 0 aliphatic carbocycles. The molecule has 3 N–H and O–H groups in total. The third-order valence-corrected chi connectivity index (χ3v) is 3.97. The van der Waals surface area contributed by atoms with Crippen molar-refractivity contribution in [1.82, 2.24) is 9.97 Å². The number of nitrogens with zero attached hydrogens (tertiary/aromatic N) is 1. The van der Waals surface area contributed by atoms with Crippen LogP contribution in [0.4, 0.5) is 5.82 Å². The van der Waals surface area contributed by atoms with E-state index in [1.54, 1.807) is 31.4 Å². The number of rotatable bonds is 2. The second-order valence-electron chi connectivity index (χ2n) is 5.04. The van der Waals surface area contributed by atoms with Crippen molar-refractivity contribution in [3.8, 4) is 11.8 Å². The number of hydrogen-bond acceptors (Lipinski definition) is 5. The summed E-state index contributed by atoms with van der Waals surface area (Å²) in [4.78, 5) is 29.8. The van der Waals surface area contributed by atoms with Crippen molar-refractivity contribution in [2.45, 2.75) is 5.92 Å². The second-order valence-corrected chi connectivity index (χ2v) is 5.45. The average molecular weight is 328 g/mol. The van der Waals surface area contributed by atoms with Gasteiger partial charge < -0.3 is 15.0 Å². The highest BCUT2D eigenvalue weighted by Crippen LogP contribution is 2.37. The van der Waals surface area contributed by atoms with Gasteiger partial charge in [0.25, 0.3) is 5.56 Å². The highest BCUT2D eigenvalue weighted by Gasteiger charge is 2.39. The zero-order valence-corrected chi connectivity index (χ0v) is 12.9. The summed E-state index contributed by atoms with van der Waals surface area (Å²) in [5.41, 5.74) is 0.532. The Kier molecular flexibility index (Phi) is 3.72. The Morgan fingerprint density at radius 3 is 2.52 bits per heavy atom. The Morgan fingerprint density at radius 1 is 1.22 bits per heavy atom. The lowest BCUT2D eigenvalue weighted by Crippen LogP contribution is -2.38. The first kappa shape index (κ1) is 15.0. The molecule has 7 nitrogen and oxygen atoms in total. The number of carbonyl (C=O) groups excluding carboxylic acids is 1. The molecular formula is C15H12N4O3S. The smallest absolute Gasteiger partial charge is 0.257 e. The molecule has 0 fully saturated rings. The van der Waals surface area contributed by atoms with Gasteiger partial charge in [-0.3, -0.25) is 14.6 Å². The Hall–Kier alpha value is -2.92.